The smallest absolute Gasteiger partial charge is 0.325 e. The van der Waals surface area contributed by atoms with E-state index in [9.17, 15) is 22.8 Å². The molecular weight excluding hydrogens is 459 g/mol. The number of para-hydroxylation sites is 1. The van der Waals surface area contributed by atoms with Crippen molar-refractivity contribution in [3.63, 3.8) is 0 Å². The molecule has 0 aliphatic carbocycles. The van der Waals surface area contributed by atoms with E-state index in [-0.39, 0.29) is 29.3 Å². The Morgan fingerprint density at radius 1 is 1.09 bits per heavy atom. The second-order valence-electron chi connectivity index (χ2n) is 7.91. The van der Waals surface area contributed by atoms with E-state index in [1.165, 1.54) is 18.2 Å². The maximum absolute atomic E-state index is 13.0. The lowest BCUT2D eigenvalue weighted by Crippen LogP contribution is -2.19. The van der Waals surface area contributed by atoms with Crippen molar-refractivity contribution >= 4 is 23.2 Å². The minimum atomic E-state index is -4.53. The summed E-state index contributed by atoms with van der Waals surface area (Å²) < 4.78 is 40.6. The number of nitrogens with zero attached hydrogens (tertiary/aromatic N) is 3. The zero-order valence-electron chi connectivity index (χ0n) is 19.2. The normalized spacial score (nSPS) is 11.1. The van der Waals surface area contributed by atoms with E-state index in [4.69, 9.17) is 5.26 Å². The van der Waals surface area contributed by atoms with Crippen LogP contribution >= 0.6 is 0 Å². The van der Waals surface area contributed by atoms with E-state index in [0.717, 1.165) is 29.1 Å². The van der Waals surface area contributed by atoms with Gasteiger partial charge in [-0.2, -0.15) is 23.5 Å². The molecule has 10 heteroatoms. The Morgan fingerprint density at radius 2 is 1.83 bits per heavy atom. The summed E-state index contributed by atoms with van der Waals surface area (Å²) in [6.07, 6.45) is -3.64. The number of carbonyl (C=O) groups excluding carboxylic acids is 2. The van der Waals surface area contributed by atoms with Crippen molar-refractivity contribution in [2.45, 2.75) is 45.8 Å². The molecule has 1 heterocycles. The van der Waals surface area contributed by atoms with Crippen molar-refractivity contribution in [2.24, 2.45) is 0 Å². The van der Waals surface area contributed by atoms with Gasteiger partial charge in [0.2, 0.25) is 5.91 Å². The molecule has 0 bridgehead atoms. The summed E-state index contributed by atoms with van der Waals surface area (Å²) >= 11 is 0. The van der Waals surface area contributed by atoms with Crippen molar-refractivity contribution < 1.29 is 22.8 Å². The van der Waals surface area contributed by atoms with Gasteiger partial charge in [-0.15, -0.1) is 0 Å². The maximum atomic E-state index is 13.0. The van der Waals surface area contributed by atoms with Gasteiger partial charge in [0.1, 0.15) is 0 Å². The summed E-state index contributed by atoms with van der Waals surface area (Å²) in [7, 11) is 0. The topological polar surface area (TPSA) is 99.8 Å². The molecular formula is C25H24F3N5O2. The van der Waals surface area contributed by atoms with Gasteiger partial charge >= 0.3 is 6.18 Å². The van der Waals surface area contributed by atoms with Crippen LogP contribution in [0.25, 0.3) is 0 Å². The van der Waals surface area contributed by atoms with E-state index in [1.54, 1.807) is 22.9 Å². The molecule has 0 saturated carbocycles. The number of hydrogen-bond donors (Lipinski definition) is 2. The predicted molar refractivity (Wildman–Crippen MR) is 125 cm³/mol. The van der Waals surface area contributed by atoms with Crippen molar-refractivity contribution in [3.8, 4) is 6.07 Å². The van der Waals surface area contributed by atoms with E-state index in [2.05, 4.69) is 21.8 Å². The molecule has 0 fully saturated rings. The van der Waals surface area contributed by atoms with Crippen LogP contribution in [0.2, 0.25) is 0 Å². The lowest BCUT2D eigenvalue weighted by molar-refractivity contribution is -0.137. The van der Waals surface area contributed by atoms with Gasteiger partial charge in [-0.1, -0.05) is 18.2 Å². The summed E-state index contributed by atoms with van der Waals surface area (Å²) in [4.78, 5) is 25.4. The van der Waals surface area contributed by atoms with Crippen LogP contribution < -0.4 is 10.6 Å². The second-order valence-corrected chi connectivity index (χ2v) is 7.91. The second kappa shape index (κ2) is 10.9. The minimum Gasteiger partial charge on any atom is -0.325 e. The Kier molecular flexibility index (Phi) is 7.91. The Labute approximate surface area is 200 Å². The molecule has 2 aromatic carbocycles. The van der Waals surface area contributed by atoms with E-state index >= 15 is 0 Å². The number of nitriles is 1. The van der Waals surface area contributed by atoms with E-state index in [0.29, 0.717) is 19.4 Å². The summed E-state index contributed by atoms with van der Waals surface area (Å²) in [5, 5.41) is 18.4. The zero-order valence-corrected chi connectivity index (χ0v) is 19.2. The van der Waals surface area contributed by atoms with Gasteiger partial charge in [0.15, 0.2) is 0 Å². The highest BCUT2D eigenvalue weighted by Crippen LogP contribution is 2.31. The number of anilines is 2. The Balaban J connectivity index is 1.68. The fourth-order valence-corrected chi connectivity index (χ4v) is 3.68. The van der Waals surface area contributed by atoms with Gasteiger partial charge in [-0.05, 0) is 56.2 Å². The van der Waals surface area contributed by atoms with Crippen LogP contribution in [-0.4, -0.2) is 21.6 Å². The van der Waals surface area contributed by atoms with E-state index < -0.39 is 17.6 Å². The molecule has 0 atom stereocenters. The van der Waals surface area contributed by atoms with Gasteiger partial charge in [0, 0.05) is 17.8 Å². The molecule has 2 amide bonds. The van der Waals surface area contributed by atoms with Gasteiger partial charge < -0.3 is 10.6 Å². The number of aromatic nitrogens is 2. The third-order valence-corrected chi connectivity index (χ3v) is 5.46. The molecule has 0 saturated heterocycles. The number of halogens is 3. The Bertz CT molecular complexity index is 1270. The molecule has 0 radical (unpaired) electrons. The summed E-state index contributed by atoms with van der Waals surface area (Å²) in [5.74, 6) is -0.974. The predicted octanol–water partition coefficient (Wildman–Crippen LogP) is 5.26. The highest BCUT2D eigenvalue weighted by molar-refractivity contribution is 6.10. The van der Waals surface area contributed by atoms with Crippen LogP contribution in [0.1, 0.15) is 45.7 Å². The number of rotatable bonds is 8. The average molecular weight is 483 g/mol. The third-order valence-electron chi connectivity index (χ3n) is 5.46. The number of hydrogen-bond acceptors (Lipinski definition) is 4. The SMILES string of the molecule is Cc1nn(CCC#N)c(C)c1CCC(=O)Nc1ccccc1C(=O)Nc1cccc(C(F)(F)F)c1. The standard InChI is InChI=1S/C25H24F3N5O2/c1-16-20(17(2)33(32-16)14-6-13-29)11-12-23(34)31-22-10-4-3-9-21(22)24(35)30-19-8-5-7-18(15-19)25(26,27)28/h3-5,7-10,15H,6,11-12,14H2,1-2H3,(H,30,35)(H,31,34). The Morgan fingerprint density at radius 3 is 2.54 bits per heavy atom. The first-order chi connectivity index (χ1) is 16.6. The number of nitrogens with one attached hydrogen (secondary N) is 2. The van der Waals surface area contributed by atoms with Crippen LogP contribution in [0.15, 0.2) is 48.5 Å². The molecule has 0 aliphatic rings. The van der Waals surface area contributed by atoms with Gasteiger partial charge in [-0.25, -0.2) is 0 Å². The molecule has 7 nitrogen and oxygen atoms in total. The van der Waals surface area contributed by atoms with Gasteiger partial charge in [-0.3, -0.25) is 14.3 Å². The zero-order chi connectivity index (χ0) is 25.6. The first-order valence-electron chi connectivity index (χ1n) is 10.9. The summed E-state index contributed by atoms with van der Waals surface area (Å²) in [6.45, 7) is 4.21. The van der Waals surface area contributed by atoms with Crippen LogP contribution in [0.3, 0.4) is 0 Å². The highest BCUT2D eigenvalue weighted by atomic mass is 19.4. The van der Waals surface area contributed by atoms with Gasteiger partial charge in [0.05, 0.1) is 41.5 Å². The monoisotopic (exact) mass is 483 g/mol. The molecule has 1 aromatic heterocycles. The largest absolute Gasteiger partial charge is 0.416 e. The van der Waals surface area contributed by atoms with Crippen LogP contribution in [0.4, 0.5) is 24.5 Å². The molecule has 3 aromatic rings. The lowest BCUT2D eigenvalue weighted by Gasteiger charge is -2.13. The number of benzene rings is 2. The highest BCUT2D eigenvalue weighted by Gasteiger charge is 2.30. The fraction of sp³-hybridized carbons (Fsp3) is 0.280. The molecule has 3 rings (SSSR count). The average Bonchev–Trinajstić information content (AvgIpc) is 3.08. The van der Waals surface area contributed by atoms with E-state index in [1.807, 2.05) is 13.8 Å². The summed E-state index contributed by atoms with van der Waals surface area (Å²) in [6, 6.07) is 12.7. The summed E-state index contributed by atoms with van der Waals surface area (Å²) in [5.41, 5.74) is 2.09. The molecule has 35 heavy (non-hydrogen) atoms. The van der Waals surface area contributed by atoms with Crippen molar-refractivity contribution in [2.75, 3.05) is 10.6 Å². The first kappa shape index (κ1) is 25.5. The minimum absolute atomic E-state index is 0.00897. The lowest BCUT2D eigenvalue weighted by atomic mass is 10.1. The Hall–Kier alpha value is -4.13. The maximum Gasteiger partial charge on any atom is 0.416 e. The van der Waals surface area contributed by atoms with Crippen molar-refractivity contribution in [3.05, 3.63) is 76.6 Å². The number of alkyl halides is 3. The molecule has 2 N–H and O–H groups in total. The number of amides is 2. The van der Waals surface area contributed by atoms with Crippen LogP contribution in [-0.2, 0) is 23.9 Å². The van der Waals surface area contributed by atoms with Gasteiger partial charge in [0.25, 0.3) is 5.91 Å². The first-order valence-corrected chi connectivity index (χ1v) is 10.9. The van der Waals surface area contributed by atoms with Crippen molar-refractivity contribution in [1.29, 1.82) is 5.26 Å². The van der Waals surface area contributed by atoms with Crippen LogP contribution in [0, 0.1) is 25.2 Å². The van der Waals surface area contributed by atoms with Crippen molar-refractivity contribution in [1.82, 2.24) is 9.78 Å². The molecule has 0 spiro atoms. The van der Waals surface area contributed by atoms with Crippen LogP contribution in [0.5, 0.6) is 0 Å². The number of aryl methyl sites for hydroxylation is 2. The quantitative estimate of drug-likeness (QED) is 0.457. The molecule has 0 aliphatic heterocycles. The molecule has 182 valence electrons. The molecule has 0 unspecified atom stereocenters. The third kappa shape index (κ3) is 6.47. The fourth-order valence-electron chi connectivity index (χ4n) is 3.68. The number of carbonyl (C=O) groups is 2.